The highest BCUT2D eigenvalue weighted by molar-refractivity contribution is 5.69. The van der Waals surface area contributed by atoms with E-state index < -0.39 is 0 Å². The van der Waals surface area contributed by atoms with Crippen molar-refractivity contribution in [2.75, 3.05) is 6.61 Å². The highest BCUT2D eigenvalue weighted by atomic mass is 16.5. The van der Waals surface area contributed by atoms with E-state index in [0.29, 0.717) is 18.9 Å². The average molecular weight is 227 g/mol. The molecular weight excluding hydrogens is 202 g/mol. The van der Waals surface area contributed by atoms with Gasteiger partial charge in [0.2, 0.25) is 0 Å². The van der Waals surface area contributed by atoms with Crippen molar-refractivity contribution in [3.05, 3.63) is 0 Å². The minimum absolute atomic E-state index is 0.0832. The number of rotatable bonds is 5. The van der Waals surface area contributed by atoms with Crippen molar-refractivity contribution in [2.24, 2.45) is 17.6 Å². The zero-order valence-corrected chi connectivity index (χ0v) is 10.6. The lowest BCUT2D eigenvalue weighted by atomic mass is 9.75. The Morgan fingerprint density at radius 2 is 2.12 bits per heavy atom. The summed E-state index contributed by atoms with van der Waals surface area (Å²) in [6.45, 7) is 4.53. The second-order valence-corrected chi connectivity index (χ2v) is 4.90. The molecule has 2 N–H and O–H groups in total. The number of hydrogen-bond donors (Lipinski definition) is 1. The van der Waals surface area contributed by atoms with E-state index in [1.54, 1.807) is 0 Å². The van der Waals surface area contributed by atoms with Crippen LogP contribution in [0, 0.1) is 11.8 Å². The van der Waals surface area contributed by atoms with Gasteiger partial charge in [-0.05, 0) is 38.0 Å². The van der Waals surface area contributed by atoms with Crippen LogP contribution in [-0.2, 0) is 9.53 Å². The molecule has 0 bridgehead atoms. The van der Waals surface area contributed by atoms with Crippen molar-refractivity contribution in [1.29, 1.82) is 0 Å². The summed E-state index contributed by atoms with van der Waals surface area (Å²) in [7, 11) is 0. The van der Waals surface area contributed by atoms with Gasteiger partial charge in [-0.3, -0.25) is 4.79 Å². The lowest BCUT2D eigenvalue weighted by Crippen LogP contribution is -2.37. The molecule has 0 aromatic rings. The monoisotopic (exact) mass is 227 g/mol. The molecule has 0 aliphatic heterocycles. The van der Waals surface area contributed by atoms with E-state index in [1.807, 2.05) is 6.92 Å². The largest absolute Gasteiger partial charge is 0.466 e. The fourth-order valence-electron chi connectivity index (χ4n) is 2.72. The van der Waals surface area contributed by atoms with Crippen molar-refractivity contribution in [1.82, 2.24) is 0 Å². The maximum Gasteiger partial charge on any atom is 0.306 e. The molecule has 0 spiro atoms. The standard InChI is InChI=1S/C13H25NO2/c1-3-5-10-6-7-12(14)11(8-10)9-13(15)16-4-2/h10-12H,3-9,14H2,1-2H3. The Kier molecular flexibility index (Phi) is 5.81. The Morgan fingerprint density at radius 1 is 1.38 bits per heavy atom. The topological polar surface area (TPSA) is 52.3 Å². The SMILES string of the molecule is CCCC1CCC(N)C(CC(=O)OCC)C1. The fraction of sp³-hybridized carbons (Fsp3) is 0.923. The van der Waals surface area contributed by atoms with E-state index >= 15 is 0 Å². The molecule has 1 aliphatic rings. The minimum atomic E-state index is -0.0832. The van der Waals surface area contributed by atoms with Crippen molar-refractivity contribution >= 4 is 5.97 Å². The third-order valence-electron chi connectivity index (χ3n) is 3.58. The van der Waals surface area contributed by atoms with Gasteiger partial charge in [0.15, 0.2) is 0 Å². The van der Waals surface area contributed by atoms with Gasteiger partial charge in [0.1, 0.15) is 0 Å². The zero-order valence-electron chi connectivity index (χ0n) is 10.6. The Balaban J connectivity index is 2.40. The minimum Gasteiger partial charge on any atom is -0.466 e. The molecule has 0 heterocycles. The van der Waals surface area contributed by atoms with Crippen LogP contribution in [0.1, 0.15) is 52.4 Å². The van der Waals surface area contributed by atoms with Gasteiger partial charge in [0.05, 0.1) is 6.61 Å². The second kappa shape index (κ2) is 6.89. The molecule has 0 amide bonds. The molecule has 1 rings (SSSR count). The first-order chi connectivity index (χ1) is 7.67. The fourth-order valence-corrected chi connectivity index (χ4v) is 2.72. The Morgan fingerprint density at radius 3 is 2.75 bits per heavy atom. The van der Waals surface area contributed by atoms with Gasteiger partial charge in [-0.25, -0.2) is 0 Å². The lowest BCUT2D eigenvalue weighted by molar-refractivity contribution is -0.144. The highest BCUT2D eigenvalue weighted by Crippen LogP contribution is 2.33. The first-order valence-corrected chi connectivity index (χ1v) is 6.58. The van der Waals surface area contributed by atoms with Crippen molar-refractivity contribution in [2.45, 2.75) is 58.4 Å². The molecule has 0 radical (unpaired) electrons. The third kappa shape index (κ3) is 4.12. The van der Waals surface area contributed by atoms with Gasteiger partial charge >= 0.3 is 5.97 Å². The number of carbonyl (C=O) groups excluding carboxylic acids is 1. The van der Waals surface area contributed by atoms with Crippen molar-refractivity contribution in [3.63, 3.8) is 0 Å². The molecule has 94 valence electrons. The van der Waals surface area contributed by atoms with Crippen LogP contribution >= 0.6 is 0 Å². The Labute approximate surface area is 98.7 Å². The Bertz CT molecular complexity index is 218. The summed E-state index contributed by atoms with van der Waals surface area (Å²) in [5.74, 6) is 1.02. The summed E-state index contributed by atoms with van der Waals surface area (Å²) < 4.78 is 4.99. The smallest absolute Gasteiger partial charge is 0.306 e. The first-order valence-electron chi connectivity index (χ1n) is 6.58. The molecule has 3 unspecified atom stereocenters. The molecule has 1 aliphatic carbocycles. The van der Waals surface area contributed by atoms with E-state index in [9.17, 15) is 4.79 Å². The van der Waals surface area contributed by atoms with Crippen LogP contribution in [0.15, 0.2) is 0 Å². The normalized spacial score (nSPS) is 30.1. The van der Waals surface area contributed by atoms with E-state index in [-0.39, 0.29) is 12.0 Å². The summed E-state index contributed by atoms with van der Waals surface area (Å²) in [5, 5.41) is 0. The van der Waals surface area contributed by atoms with E-state index in [4.69, 9.17) is 10.5 Å². The third-order valence-corrected chi connectivity index (χ3v) is 3.58. The predicted octanol–water partition coefficient (Wildman–Crippen LogP) is 2.48. The number of hydrogen-bond acceptors (Lipinski definition) is 3. The Hall–Kier alpha value is -0.570. The van der Waals surface area contributed by atoms with E-state index in [2.05, 4.69) is 6.92 Å². The molecule has 0 saturated heterocycles. The maximum absolute atomic E-state index is 11.4. The molecule has 3 heteroatoms. The number of ether oxygens (including phenoxy) is 1. The molecule has 0 aromatic heterocycles. The lowest BCUT2D eigenvalue weighted by Gasteiger charge is -2.33. The van der Waals surface area contributed by atoms with Gasteiger partial charge in [0.25, 0.3) is 0 Å². The molecule has 3 nitrogen and oxygen atoms in total. The van der Waals surface area contributed by atoms with Crippen LogP contribution in [0.4, 0.5) is 0 Å². The second-order valence-electron chi connectivity index (χ2n) is 4.90. The molecule has 3 atom stereocenters. The summed E-state index contributed by atoms with van der Waals surface area (Å²) in [4.78, 5) is 11.4. The van der Waals surface area contributed by atoms with Crippen LogP contribution in [0.5, 0.6) is 0 Å². The van der Waals surface area contributed by atoms with Gasteiger partial charge in [-0.15, -0.1) is 0 Å². The first kappa shape index (κ1) is 13.5. The van der Waals surface area contributed by atoms with Crippen LogP contribution in [0.25, 0.3) is 0 Å². The summed E-state index contributed by atoms with van der Waals surface area (Å²) in [6.07, 6.45) is 6.41. The van der Waals surface area contributed by atoms with Gasteiger partial charge < -0.3 is 10.5 Å². The summed E-state index contributed by atoms with van der Waals surface area (Å²) in [5.41, 5.74) is 6.07. The van der Waals surface area contributed by atoms with Crippen molar-refractivity contribution in [3.8, 4) is 0 Å². The molecule has 0 aromatic carbocycles. The zero-order chi connectivity index (χ0) is 12.0. The number of esters is 1. The highest BCUT2D eigenvalue weighted by Gasteiger charge is 2.29. The summed E-state index contributed by atoms with van der Waals surface area (Å²) >= 11 is 0. The van der Waals surface area contributed by atoms with Crippen LogP contribution in [-0.4, -0.2) is 18.6 Å². The quantitative estimate of drug-likeness (QED) is 0.734. The maximum atomic E-state index is 11.4. The number of nitrogens with two attached hydrogens (primary N) is 1. The predicted molar refractivity (Wildman–Crippen MR) is 65.0 cm³/mol. The van der Waals surface area contributed by atoms with Gasteiger partial charge in [-0.1, -0.05) is 19.8 Å². The summed E-state index contributed by atoms with van der Waals surface area (Å²) in [6, 6.07) is 0.192. The van der Waals surface area contributed by atoms with Crippen LogP contribution < -0.4 is 5.73 Å². The molecule has 16 heavy (non-hydrogen) atoms. The van der Waals surface area contributed by atoms with E-state index in [0.717, 1.165) is 18.8 Å². The molecule has 1 saturated carbocycles. The molecular formula is C13H25NO2. The van der Waals surface area contributed by atoms with Gasteiger partial charge in [-0.2, -0.15) is 0 Å². The van der Waals surface area contributed by atoms with Gasteiger partial charge in [0, 0.05) is 12.5 Å². The molecule has 1 fully saturated rings. The van der Waals surface area contributed by atoms with E-state index in [1.165, 1.54) is 19.3 Å². The van der Waals surface area contributed by atoms with Crippen molar-refractivity contribution < 1.29 is 9.53 Å². The van der Waals surface area contributed by atoms with Crippen LogP contribution in [0.2, 0.25) is 0 Å². The number of carbonyl (C=O) groups is 1. The average Bonchev–Trinajstić information content (AvgIpc) is 2.24. The van der Waals surface area contributed by atoms with Crippen LogP contribution in [0.3, 0.4) is 0 Å².